The maximum atomic E-state index is 12.1. The molecule has 0 radical (unpaired) electrons. The number of nitrogens with one attached hydrogen (secondary N) is 1. The largest absolute Gasteiger partial charge is 0.399 e. The van der Waals surface area contributed by atoms with Crippen LogP contribution >= 0.6 is 27.5 Å². The molecule has 0 aliphatic carbocycles. The summed E-state index contributed by atoms with van der Waals surface area (Å²) in [5.74, 6) is -0.212. The van der Waals surface area contributed by atoms with Crippen molar-refractivity contribution < 1.29 is 4.79 Å². The molecule has 0 bridgehead atoms. The quantitative estimate of drug-likeness (QED) is 0.804. The van der Waals surface area contributed by atoms with Gasteiger partial charge in [0.1, 0.15) is 0 Å². The lowest BCUT2D eigenvalue weighted by Crippen LogP contribution is -2.12. The van der Waals surface area contributed by atoms with Crippen LogP contribution in [-0.2, 0) is 0 Å². The number of aryl methyl sites for hydroxylation is 1. The van der Waals surface area contributed by atoms with E-state index in [1.54, 1.807) is 24.3 Å². The number of hydrogen-bond acceptors (Lipinski definition) is 2. The van der Waals surface area contributed by atoms with Gasteiger partial charge in [-0.15, -0.1) is 0 Å². The highest BCUT2D eigenvalue weighted by molar-refractivity contribution is 9.10. The molecule has 0 aliphatic rings. The molecular weight excluding hydrogens is 328 g/mol. The SMILES string of the molecule is Cc1cc(Br)cc(C(=O)Nc2ccc(N)cc2Cl)c1. The molecule has 1 amide bonds. The molecule has 2 rings (SSSR count). The summed E-state index contributed by atoms with van der Waals surface area (Å²) in [6.45, 7) is 1.93. The fraction of sp³-hybridized carbons (Fsp3) is 0.0714. The van der Waals surface area contributed by atoms with Crippen molar-refractivity contribution in [3.8, 4) is 0 Å². The number of carbonyl (C=O) groups is 1. The zero-order valence-electron chi connectivity index (χ0n) is 10.2. The summed E-state index contributed by atoms with van der Waals surface area (Å²) >= 11 is 9.39. The molecule has 19 heavy (non-hydrogen) atoms. The van der Waals surface area contributed by atoms with Crippen molar-refractivity contribution >= 4 is 44.8 Å². The number of hydrogen-bond donors (Lipinski definition) is 2. The number of rotatable bonds is 2. The van der Waals surface area contributed by atoms with E-state index >= 15 is 0 Å². The van der Waals surface area contributed by atoms with E-state index in [1.807, 2.05) is 19.1 Å². The Balaban J connectivity index is 2.25. The van der Waals surface area contributed by atoms with Gasteiger partial charge in [-0.1, -0.05) is 27.5 Å². The van der Waals surface area contributed by atoms with E-state index in [1.165, 1.54) is 0 Å². The molecular formula is C14H12BrClN2O. The Hall–Kier alpha value is -1.52. The molecule has 0 atom stereocenters. The summed E-state index contributed by atoms with van der Waals surface area (Å²) in [7, 11) is 0. The molecule has 0 spiro atoms. The van der Waals surface area contributed by atoms with Crippen molar-refractivity contribution in [3.63, 3.8) is 0 Å². The molecule has 0 unspecified atom stereocenters. The summed E-state index contributed by atoms with van der Waals surface area (Å²) in [5.41, 5.74) is 8.27. The van der Waals surface area contributed by atoms with Crippen molar-refractivity contribution in [2.24, 2.45) is 0 Å². The third kappa shape index (κ3) is 3.49. The van der Waals surface area contributed by atoms with Crippen LogP contribution in [0, 0.1) is 6.92 Å². The molecule has 0 saturated carbocycles. The van der Waals surface area contributed by atoms with Crippen LogP contribution in [0.15, 0.2) is 40.9 Å². The van der Waals surface area contributed by atoms with Crippen LogP contribution in [0.2, 0.25) is 5.02 Å². The first-order valence-electron chi connectivity index (χ1n) is 5.59. The third-order valence-electron chi connectivity index (χ3n) is 2.55. The van der Waals surface area contributed by atoms with Gasteiger partial charge in [-0.3, -0.25) is 4.79 Å². The fourth-order valence-electron chi connectivity index (χ4n) is 1.69. The monoisotopic (exact) mass is 338 g/mol. The normalized spacial score (nSPS) is 10.3. The van der Waals surface area contributed by atoms with Crippen molar-refractivity contribution in [3.05, 3.63) is 57.0 Å². The van der Waals surface area contributed by atoms with Gasteiger partial charge >= 0.3 is 0 Å². The Morgan fingerprint density at radius 1 is 1.26 bits per heavy atom. The summed E-state index contributed by atoms with van der Waals surface area (Å²) in [4.78, 5) is 12.1. The predicted octanol–water partition coefficient (Wildman–Crippen LogP) is 4.25. The van der Waals surface area contributed by atoms with Crippen molar-refractivity contribution in [1.29, 1.82) is 0 Å². The number of nitrogens with two attached hydrogens (primary N) is 1. The van der Waals surface area contributed by atoms with Gasteiger partial charge in [0.15, 0.2) is 0 Å². The summed E-state index contributed by atoms with van der Waals surface area (Å²) in [5, 5.41) is 3.18. The molecule has 5 heteroatoms. The van der Waals surface area contributed by atoms with Crippen LogP contribution < -0.4 is 11.1 Å². The first-order valence-corrected chi connectivity index (χ1v) is 6.76. The second kappa shape index (κ2) is 5.63. The highest BCUT2D eigenvalue weighted by Crippen LogP contribution is 2.25. The van der Waals surface area contributed by atoms with Crippen molar-refractivity contribution in [2.75, 3.05) is 11.1 Å². The third-order valence-corrected chi connectivity index (χ3v) is 3.32. The molecule has 3 nitrogen and oxygen atoms in total. The van der Waals surface area contributed by atoms with Gasteiger partial charge in [-0.05, 0) is 48.9 Å². The number of carbonyl (C=O) groups excluding carboxylic acids is 1. The smallest absolute Gasteiger partial charge is 0.255 e. The molecule has 3 N–H and O–H groups in total. The van der Waals surface area contributed by atoms with Gasteiger partial charge in [0, 0.05) is 15.7 Å². The molecule has 2 aromatic rings. The number of amides is 1. The number of anilines is 2. The highest BCUT2D eigenvalue weighted by atomic mass is 79.9. The van der Waals surface area contributed by atoms with Crippen LogP contribution in [0.25, 0.3) is 0 Å². The first-order chi connectivity index (χ1) is 8.95. The molecule has 0 fully saturated rings. The summed E-state index contributed by atoms with van der Waals surface area (Å²) in [6, 6.07) is 10.5. The minimum Gasteiger partial charge on any atom is -0.399 e. The standard InChI is InChI=1S/C14H12BrClN2O/c1-8-4-9(6-10(15)5-8)14(19)18-13-3-2-11(17)7-12(13)16/h2-7H,17H2,1H3,(H,18,19). The lowest BCUT2D eigenvalue weighted by atomic mass is 10.1. The van der Waals surface area contributed by atoms with Crippen molar-refractivity contribution in [2.45, 2.75) is 6.92 Å². The van der Waals surface area contributed by atoms with E-state index < -0.39 is 0 Å². The minimum atomic E-state index is -0.212. The van der Waals surface area contributed by atoms with E-state index in [9.17, 15) is 4.79 Å². The van der Waals surface area contributed by atoms with Crippen LogP contribution in [0.5, 0.6) is 0 Å². The lowest BCUT2D eigenvalue weighted by molar-refractivity contribution is 0.102. The van der Waals surface area contributed by atoms with E-state index in [-0.39, 0.29) is 5.91 Å². The topological polar surface area (TPSA) is 55.1 Å². The number of nitrogen functional groups attached to an aromatic ring is 1. The Bertz CT molecular complexity index is 623. The van der Waals surface area contributed by atoms with Crippen LogP contribution in [0.4, 0.5) is 11.4 Å². The Morgan fingerprint density at radius 2 is 2.00 bits per heavy atom. The van der Waals surface area contributed by atoms with E-state index in [0.717, 1.165) is 10.0 Å². The van der Waals surface area contributed by atoms with Gasteiger partial charge in [0.05, 0.1) is 10.7 Å². The highest BCUT2D eigenvalue weighted by Gasteiger charge is 2.09. The van der Waals surface area contributed by atoms with Crippen LogP contribution in [-0.4, -0.2) is 5.91 Å². The van der Waals surface area contributed by atoms with Gasteiger partial charge in [-0.25, -0.2) is 0 Å². The van der Waals surface area contributed by atoms with Crippen LogP contribution in [0.3, 0.4) is 0 Å². The molecule has 2 aromatic carbocycles. The molecule has 0 aromatic heterocycles. The zero-order chi connectivity index (χ0) is 14.0. The Morgan fingerprint density at radius 3 is 2.63 bits per heavy atom. The molecule has 0 heterocycles. The van der Waals surface area contributed by atoms with Gasteiger partial charge in [0.25, 0.3) is 5.91 Å². The van der Waals surface area contributed by atoms with Gasteiger partial charge in [0.2, 0.25) is 0 Å². The molecule has 0 aliphatic heterocycles. The fourth-order valence-corrected chi connectivity index (χ4v) is 2.54. The van der Waals surface area contributed by atoms with Crippen LogP contribution in [0.1, 0.15) is 15.9 Å². The summed E-state index contributed by atoms with van der Waals surface area (Å²) in [6.07, 6.45) is 0. The van der Waals surface area contributed by atoms with Gasteiger partial charge in [-0.2, -0.15) is 0 Å². The average Bonchev–Trinajstić information content (AvgIpc) is 2.31. The maximum absolute atomic E-state index is 12.1. The predicted molar refractivity (Wildman–Crippen MR) is 82.7 cm³/mol. The zero-order valence-corrected chi connectivity index (χ0v) is 12.5. The van der Waals surface area contributed by atoms with E-state index in [2.05, 4.69) is 21.2 Å². The second-order valence-corrected chi connectivity index (χ2v) is 5.53. The maximum Gasteiger partial charge on any atom is 0.255 e. The first kappa shape index (κ1) is 13.9. The molecule has 98 valence electrons. The summed E-state index contributed by atoms with van der Waals surface area (Å²) < 4.78 is 0.862. The van der Waals surface area contributed by atoms with Gasteiger partial charge < -0.3 is 11.1 Å². The Kier molecular flexibility index (Phi) is 4.12. The van der Waals surface area contributed by atoms with Crippen molar-refractivity contribution in [1.82, 2.24) is 0 Å². The average molecular weight is 340 g/mol. The minimum absolute atomic E-state index is 0.212. The van der Waals surface area contributed by atoms with E-state index in [0.29, 0.717) is 22.0 Å². The number of halogens is 2. The second-order valence-electron chi connectivity index (χ2n) is 4.21. The number of benzene rings is 2. The molecule has 0 saturated heterocycles. The Labute approximate surface area is 124 Å². The lowest BCUT2D eigenvalue weighted by Gasteiger charge is -2.09. The van der Waals surface area contributed by atoms with E-state index in [4.69, 9.17) is 17.3 Å².